The molecule has 0 spiro atoms. The van der Waals surface area contributed by atoms with E-state index in [2.05, 4.69) is 5.10 Å². The number of aromatic nitrogens is 4. The van der Waals surface area contributed by atoms with Crippen LogP contribution in [0.1, 0.15) is 25.2 Å². The maximum atomic E-state index is 13.0. The van der Waals surface area contributed by atoms with Crippen molar-refractivity contribution in [3.63, 3.8) is 0 Å². The first-order valence-corrected chi connectivity index (χ1v) is 9.43. The highest BCUT2D eigenvalue weighted by molar-refractivity contribution is 5.76. The summed E-state index contributed by atoms with van der Waals surface area (Å²) in [5, 5.41) is 4.48. The number of aryl methyl sites for hydroxylation is 2. The van der Waals surface area contributed by atoms with Crippen LogP contribution in [0, 0.1) is 13.8 Å². The number of carbonyl (C=O) groups excluding carboxylic acids is 1. The predicted molar refractivity (Wildman–Crippen MR) is 108 cm³/mol. The maximum absolute atomic E-state index is 13.0. The highest BCUT2D eigenvalue weighted by Gasteiger charge is 2.19. The van der Waals surface area contributed by atoms with E-state index in [4.69, 9.17) is 4.98 Å². The summed E-state index contributed by atoms with van der Waals surface area (Å²) in [7, 11) is 0. The molecule has 0 saturated heterocycles. The van der Waals surface area contributed by atoms with Gasteiger partial charge in [-0.05, 0) is 33.8 Å². The van der Waals surface area contributed by atoms with Crippen LogP contribution in [0.25, 0.3) is 17.2 Å². The molecule has 0 aliphatic heterocycles. The minimum absolute atomic E-state index is 0.0732. The number of rotatable bonds is 6. The van der Waals surface area contributed by atoms with Gasteiger partial charge in [0.15, 0.2) is 0 Å². The third kappa shape index (κ3) is 3.88. The van der Waals surface area contributed by atoms with Crippen molar-refractivity contribution in [2.75, 3.05) is 13.1 Å². The quantitative estimate of drug-likeness (QED) is 0.660. The zero-order valence-electron chi connectivity index (χ0n) is 16.7. The maximum Gasteiger partial charge on any atom is 0.256 e. The number of hydrogen-bond acceptors (Lipinski definition) is 4. The first kappa shape index (κ1) is 19.5. The fourth-order valence-electron chi connectivity index (χ4n) is 3.20. The van der Waals surface area contributed by atoms with Crippen molar-refractivity contribution in [2.24, 2.45) is 0 Å². The van der Waals surface area contributed by atoms with Gasteiger partial charge >= 0.3 is 0 Å². The fraction of sp³-hybridized carbons (Fsp3) is 0.333. The first-order chi connectivity index (χ1) is 13.4. The highest BCUT2D eigenvalue weighted by Crippen LogP contribution is 2.17. The van der Waals surface area contributed by atoms with Gasteiger partial charge in [-0.25, -0.2) is 9.67 Å². The van der Waals surface area contributed by atoms with Gasteiger partial charge in [0.1, 0.15) is 6.54 Å². The Balaban J connectivity index is 2.17. The van der Waals surface area contributed by atoms with E-state index in [0.717, 1.165) is 17.0 Å². The molecule has 3 rings (SSSR count). The van der Waals surface area contributed by atoms with E-state index in [1.54, 1.807) is 9.58 Å². The summed E-state index contributed by atoms with van der Waals surface area (Å²) >= 11 is 0. The molecule has 1 aromatic carbocycles. The molecule has 7 heteroatoms. The van der Waals surface area contributed by atoms with Crippen LogP contribution in [0.3, 0.4) is 0 Å². The molecule has 0 aliphatic rings. The molecular formula is C21H25N5O2. The molecule has 146 valence electrons. The molecule has 0 N–H and O–H groups in total. The monoisotopic (exact) mass is 379 g/mol. The normalized spacial score (nSPS) is 10.9. The van der Waals surface area contributed by atoms with Crippen molar-refractivity contribution in [3.05, 3.63) is 64.2 Å². The molecule has 28 heavy (non-hydrogen) atoms. The van der Waals surface area contributed by atoms with Crippen LogP contribution in [-0.4, -0.2) is 43.2 Å². The van der Waals surface area contributed by atoms with Crippen molar-refractivity contribution >= 4 is 5.91 Å². The second-order valence-corrected chi connectivity index (χ2v) is 6.64. The fourth-order valence-corrected chi connectivity index (χ4v) is 3.20. The largest absolute Gasteiger partial charge is 0.342 e. The van der Waals surface area contributed by atoms with Crippen LogP contribution in [0.2, 0.25) is 0 Å². The van der Waals surface area contributed by atoms with Gasteiger partial charge in [-0.15, -0.1) is 0 Å². The van der Waals surface area contributed by atoms with Crippen LogP contribution >= 0.6 is 0 Å². The molecule has 0 bridgehead atoms. The standard InChI is InChI=1S/C21H25N5O2/c1-5-24(6-2)20(28)14-25-19(27)13-18(17-10-8-7-9-11-17)22-21(25)26-16(4)12-15(3)23-26/h7-13H,5-6,14H2,1-4H3. The SMILES string of the molecule is CCN(CC)C(=O)Cn1c(-n2nc(C)cc2C)nc(-c2ccccc2)cc1=O. The zero-order chi connectivity index (χ0) is 20.3. The number of nitrogens with zero attached hydrogens (tertiary/aromatic N) is 5. The van der Waals surface area contributed by atoms with Crippen LogP contribution in [0.15, 0.2) is 47.3 Å². The summed E-state index contributed by atoms with van der Waals surface area (Å²) in [4.78, 5) is 32.0. The van der Waals surface area contributed by atoms with Gasteiger partial charge < -0.3 is 4.90 Å². The molecule has 0 radical (unpaired) electrons. The molecule has 0 fully saturated rings. The molecule has 1 amide bonds. The summed E-state index contributed by atoms with van der Waals surface area (Å²) < 4.78 is 3.02. The lowest BCUT2D eigenvalue weighted by atomic mass is 10.1. The lowest BCUT2D eigenvalue weighted by Crippen LogP contribution is -2.38. The van der Waals surface area contributed by atoms with Crippen molar-refractivity contribution in [2.45, 2.75) is 34.2 Å². The first-order valence-electron chi connectivity index (χ1n) is 9.43. The molecule has 3 aromatic rings. The van der Waals surface area contributed by atoms with E-state index in [9.17, 15) is 9.59 Å². The van der Waals surface area contributed by atoms with Gasteiger partial charge in [0.2, 0.25) is 11.9 Å². The molecule has 0 unspecified atom stereocenters. The van der Waals surface area contributed by atoms with E-state index >= 15 is 0 Å². The van der Waals surface area contributed by atoms with Crippen LogP contribution in [0.4, 0.5) is 0 Å². The topological polar surface area (TPSA) is 73.0 Å². The summed E-state index contributed by atoms with van der Waals surface area (Å²) in [5.41, 5.74) is 2.78. The van der Waals surface area contributed by atoms with Crippen molar-refractivity contribution in [1.29, 1.82) is 0 Å². The van der Waals surface area contributed by atoms with E-state index in [0.29, 0.717) is 24.7 Å². The van der Waals surface area contributed by atoms with Crippen LogP contribution < -0.4 is 5.56 Å². The van der Waals surface area contributed by atoms with E-state index in [-0.39, 0.29) is 18.0 Å². The number of hydrogen-bond donors (Lipinski definition) is 0. The Morgan fingerprint density at radius 3 is 2.32 bits per heavy atom. The van der Waals surface area contributed by atoms with Crippen LogP contribution in [0.5, 0.6) is 0 Å². The van der Waals surface area contributed by atoms with Crippen molar-refractivity contribution < 1.29 is 4.79 Å². The summed E-state index contributed by atoms with van der Waals surface area (Å²) in [6.07, 6.45) is 0. The molecule has 2 aromatic heterocycles. The van der Waals surface area contributed by atoms with Gasteiger partial charge in [-0.2, -0.15) is 5.10 Å². The van der Waals surface area contributed by atoms with Gasteiger partial charge in [-0.1, -0.05) is 30.3 Å². The number of carbonyl (C=O) groups is 1. The molecule has 0 saturated carbocycles. The molecular weight excluding hydrogens is 354 g/mol. The Morgan fingerprint density at radius 1 is 1.07 bits per heavy atom. The van der Waals surface area contributed by atoms with E-state index in [1.165, 1.54) is 10.6 Å². The molecule has 0 atom stereocenters. The minimum atomic E-state index is -0.281. The third-order valence-corrected chi connectivity index (χ3v) is 4.67. The van der Waals surface area contributed by atoms with Crippen molar-refractivity contribution in [1.82, 2.24) is 24.2 Å². The summed E-state index contributed by atoms with van der Waals surface area (Å²) in [6, 6.07) is 12.9. The summed E-state index contributed by atoms with van der Waals surface area (Å²) in [5.74, 6) is 0.224. The Kier molecular flexibility index (Phi) is 5.73. The van der Waals surface area contributed by atoms with Gasteiger partial charge in [0.05, 0.1) is 11.4 Å². The second-order valence-electron chi connectivity index (χ2n) is 6.64. The number of amides is 1. The van der Waals surface area contributed by atoms with Gasteiger partial charge in [0, 0.05) is 30.4 Å². The number of likely N-dealkylation sites (N-methyl/N-ethyl adjacent to an activating group) is 1. The van der Waals surface area contributed by atoms with E-state index < -0.39 is 0 Å². The average Bonchev–Trinajstić information content (AvgIpc) is 3.02. The molecule has 0 aliphatic carbocycles. The van der Waals surface area contributed by atoms with Gasteiger partial charge in [-0.3, -0.25) is 14.2 Å². The Hall–Kier alpha value is -3.22. The minimum Gasteiger partial charge on any atom is -0.342 e. The Labute approximate surface area is 164 Å². The lowest BCUT2D eigenvalue weighted by Gasteiger charge is -2.20. The third-order valence-electron chi connectivity index (χ3n) is 4.67. The number of benzene rings is 1. The summed E-state index contributed by atoms with van der Waals surface area (Å²) in [6.45, 7) is 8.73. The van der Waals surface area contributed by atoms with Crippen molar-refractivity contribution in [3.8, 4) is 17.2 Å². The average molecular weight is 379 g/mol. The predicted octanol–water partition coefficient (Wildman–Crippen LogP) is 2.58. The smallest absolute Gasteiger partial charge is 0.256 e. The van der Waals surface area contributed by atoms with Gasteiger partial charge in [0.25, 0.3) is 5.56 Å². The molecule has 7 nitrogen and oxygen atoms in total. The zero-order valence-corrected chi connectivity index (χ0v) is 16.7. The Bertz CT molecular complexity index is 1030. The van der Waals surface area contributed by atoms with Crippen LogP contribution in [-0.2, 0) is 11.3 Å². The van der Waals surface area contributed by atoms with E-state index in [1.807, 2.05) is 64.1 Å². The lowest BCUT2D eigenvalue weighted by molar-refractivity contribution is -0.131. The Morgan fingerprint density at radius 2 is 1.75 bits per heavy atom. The molecule has 2 heterocycles. The highest BCUT2D eigenvalue weighted by atomic mass is 16.2. The second kappa shape index (κ2) is 8.21.